The molecule has 0 aliphatic carbocycles. The monoisotopic (exact) mass is 299 g/mol. The van der Waals surface area contributed by atoms with Gasteiger partial charge in [0.05, 0.1) is 4.92 Å². The molecule has 5 nitrogen and oxygen atoms in total. The molecule has 1 N–H and O–H groups in total. The highest BCUT2D eigenvalue weighted by Crippen LogP contribution is 2.32. The van der Waals surface area contributed by atoms with Gasteiger partial charge in [-0.2, -0.15) is 0 Å². The van der Waals surface area contributed by atoms with Gasteiger partial charge in [0.2, 0.25) is 0 Å². The zero-order valence-corrected chi connectivity index (χ0v) is 12.1. The van der Waals surface area contributed by atoms with Crippen LogP contribution in [0, 0.1) is 10.1 Å². The van der Waals surface area contributed by atoms with Crippen LogP contribution < -0.4 is 5.32 Å². The predicted molar refractivity (Wildman–Crippen MR) is 76.8 cm³/mol. The van der Waals surface area contributed by atoms with Crippen LogP contribution in [0.15, 0.2) is 18.2 Å². The molecule has 1 aliphatic heterocycles. The number of nitro groups is 1. The van der Waals surface area contributed by atoms with Crippen LogP contribution in [0.3, 0.4) is 0 Å². The molecule has 0 spiro atoms. The van der Waals surface area contributed by atoms with Gasteiger partial charge >= 0.3 is 0 Å². The zero-order chi connectivity index (χ0) is 15.6. The first-order chi connectivity index (χ1) is 9.88. The summed E-state index contributed by atoms with van der Waals surface area (Å²) in [6.07, 6.45) is -1.02. The maximum absolute atomic E-state index is 13.1. The summed E-state index contributed by atoms with van der Waals surface area (Å²) >= 11 is 0. The first-order valence-electron chi connectivity index (χ1n) is 6.91. The number of likely N-dealkylation sites (tertiary alicyclic amines) is 1. The van der Waals surface area contributed by atoms with Crippen molar-refractivity contribution in [2.45, 2.75) is 38.3 Å². The summed E-state index contributed by atoms with van der Waals surface area (Å²) in [7, 11) is 2.04. The van der Waals surface area contributed by atoms with Crippen LogP contribution in [0.1, 0.15) is 31.8 Å². The van der Waals surface area contributed by atoms with E-state index in [1.807, 2.05) is 7.05 Å². The fourth-order valence-corrected chi connectivity index (χ4v) is 2.62. The van der Waals surface area contributed by atoms with Gasteiger partial charge in [-0.1, -0.05) is 0 Å². The van der Waals surface area contributed by atoms with E-state index in [1.54, 1.807) is 0 Å². The summed E-state index contributed by atoms with van der Waals surface area (Å²) in [4.78, 5) is 12.3. The number of rotatable bonds is 4. The number of benzene rings is 1. The highest BCUT2D eigenvalue weighted by Gasteiger charge is 2.25. The van der Waals surface area contributed by atoms with Crippen molar-refractivity contribution >= 4 is 11.4 Å². The average Bonchev–Trinajstić information content (AvgIpc) is 2.43. The summed E-state index contributed by atoms with van der Waals surface area (Å²) in [6.45, 7) is 2.99. The molecular weight excluding hydrogens is 280 g/mol. The van der Waals surface area contributed by atoms with Crippen molar-refractivity contribution < 1.29 is 13.7 Å². The summed E-state index contributed by atoms with van der Waals surface area (Å²) in [5.41, 5.74) is -0.333. The number of non-ortho nitro benzene ring substituents is 1. The molecule has 1 saturated heterocycles. The standard InChI is InChI=1S/C14H19F2N3O2/c1-9-7-10(5-6-18(9)2)17-13-4-3-11(19(20)21)8-12(13)14(15)16/h3-4,8-10,14,17H,5-7H2,1-2H3. The van der Waals surface area contributed by atoms with Crippen LogP contribution >= 0.6 is 0 Å². The molecule has 0 bridgehead atoms. The highest BCUT2D eigenvalue weighted by molar-refractivity contribution is 5.57. The summed E-state index contributed by atoms with van der Waals surface area (Å²) in [5, 5.41) is 13.8. The number of anilines is 1. The normalized spacial score (nSPS) is 23.3. The molecule has 1 aromatic rings. The van der Waals surface area contributed by atoms with Crippen molar-refractivity contribution in [3.05, 3.63) is 33.9 Å². The van der Waals surface area contributed by atoms with Crippen molar-refractivity contribution in [3.8, 4) is 0 Å². The third-order valence-electron chi connectivity index (χ3n) is 4.05. The number of halogens is 2. The zero-order valence-electron chi connectivity index (χ0n) is 12.1. The number of nitrogens with one attached hydrogen (secondary N) is 1. The van der Waals surface area contributed by atoms with E-state index in [9.17, 15) is 18.9 Å². The minimum Gasteiger partial charge on any atom is -0.382 e. The molecule has 0 saturated carbocycles. The van der Waals surface area contributed by atoms with Crippen molar-refractivity contribution in [1.82, 2.24) is 4.90 Å². The fraction of sp³-hybridized carbons (Fsp3) is 0.571. The van der Waals surface area contributed by atoms with Crippen molar-refractivity contribution in [3.63, 3.8) is 0 Å². The molecule has 0 amide bonds. The Labute approximate surface area is 122 Å². The smallest absolute Gasteiger partial charge is 0.270 e. The molecule has 2 rings (SSSR count). The predicted octanol–water partition coefficient (Wildman–Crippen LogP) is 3.43. The molecule has 1 aromatic carbocycles. The first kappa shape index (κ1) is 15.6. The third-order valence-corrected chi connectivity index (χ3v) is 4.05. The molecule has 2 atom stereocenters. The number of hydrogen-bond acceptors (Lipinski definition) is 4. The SMILES string of the molecule is CC1CC(Nc2ccc([N+](=O)[O-])cc2C(F)F)CCN1C. The first-order valence-corrected chi connectivity index (χ1v) is 6.91. The van der Waals surface area contributed by atoms with Crippen LogP contribution in [0.2, 0.25) is 0 Å². The summed E-state index contributed by atoms with van der Waals surface area (Å²) < 4.78 is 26.2. The van der Waals surface area contributed by atoms with E-state index in [1.165, 1.54) is 12.1 Å². The minimum atomic E-state index is -2.74. The van der Waals surface area contributed by atoms with E-state index < -0.39 is 11.3 Å². The van der Waals surface area contributed by atoms with Crippen molar-refractivity contribution in [1.29, 1.82) is 0 Å². The fourth-order valence-electron chi connectivity index (χ4n) is 2.62. The molecule has 2 unspecified atom stereocenters. The number of hydrogen-bond donors (Lipinski definition) is 1. The van der Waals surface area contributed by atoms with E-state index in [0.717, 1.165) is 25.5 Å². The van der Waals surface area contributed by atoms with Gasteiger partial charge in [-0.3, -0.25) is 10.1 Å². The third kappa shape index (κ3) is 3.66. The molecule has 1 fully saturated rings. The average molecular weight is 299 g/mol. The van der Waals surface area contributed by atoms with Gasteiger partial charge in [0.25, 0.3) is 12.1 Å². The van der Waals surface area contributed by atoms with E-state index >= 15 is 0 Å². The van der Waals surface area contributed by atoms with Crippen LogP contribution in [-0.4, -0.2) is 35.5 Å². The summed E-state index contributed by atoms with van der Waals surface area (Å²) in [5.74, 6) is 0. The molecule has 116 valence electrons. The van der Waals surface area contributed by atoms with Gasteiger partial charge in [-0.05, 0) is 32.9 Å². The van der Waals surface area contributed by atoms with E-state index in [0.29, 0.717) is 6.04 Å². The Morgan fingerprint density at radius 1 is 1.48 bits per heavy atom. The van der Waals surface area contributed by atoms with Gasteiger partial charge in [0.15, 0.2) is 0 Å². The quantitative estimate of drug-likeness (QED) is 0.683. The Balaban J connectivity index is 2.17. The molecular formula is C14H19F2N3O2. The molecule has 1 heterocycles. The number of alkyl halides is 2. The Kier molecular flexibility index (Phi) is 4.72. The summed E-state index contributed by atoms with van der Waals surface area (Å²) in [6, 6.07) is 4.07. The molecule has 0 radical (unpaired) electrons. The maximum atomic E-state index is 13.1. The second-order valence-corrected chi connectivity index (χ2v) is 5.52. The second kappa shape index (κ2) is 6.34. The lowest BCUT2D eigenvalue weighted by molar-refractivity contribution is -0.385. The van der Waals surface area contributed by atoms with Crippen LogP contribution in [0.25, 0.3) is 0 Å². The topological polar surface area (TPSA) is 58.4 Å². The van der Waals surface area contributed by atoms with Gasteiger partial charge in [-0.15, -0.1) is 0 Å². The Morgan fingerprint density at radius 2 is 2.19 bits per heavy atom. The maximum Gasteiger partial charge on any atom is 0.270 e. The molecule has 0 aromatic heterocycles. The molecule has 1 aliphatic rings. The lowest BCUT2D eigenvalue weighted by Crippen LogP contribution is -2.42. The number of nitro benzene ring substituents is 1. The lowest BCUT2D eigenvalue weighted by atomic mass is 9.98. The van der Waals surface area contributed by atoms with E-state index in [4.69, 9.17) is 0 Å². The van der Waals surface area contributed by atoms with Crippen LogP contribution in [-0.2, 0) is 0 Å². The Hall–Kier alpha value is -1.76. The minimum absolute atomic E-state index is 0.107. The van der Waals surface area contributed by atoms with E-state index in [2.05, 4.69) is 17.1 Å². The van der Waals surface area contributed by atoms with Crippen molar-refractivity contribution in [2.75, 3.05) is 18.9 Å². The lowest BCUT2D eigenvalue weighted by Gasteiger charge is -2.36. The van der Waals surface area contributed by atoms with Crippen molar-refractivity contribution in [2.24, 2.45) is 0 Å². The highest BCUT2D eigenvalue weighted by atomic mass is 19.3. The Morgan fingerprint density at radius 3 is 2.76 bits per heavy atom. The van der Waals surface area contributed by atoms with E-state index in [-0.39, 0.29) is 23.0 Å². The van der Waals surface area contributed by atoms with Gasteiger partial charge in [0, 0.05) is 42.0 Å². The second-order valence-electron chi connectivity index (χ2n) is 5.52. The number of nitrogens with zero attached hydrogens (tertiary/aromatic N) is 2. The number of piperidine rings is 1. The van der Waals surface area contributed by atoms with Crippen LogP contribution in [0.5, 0.6) is 0 Å². The van der Waals surface area contributed by atoms with Crippen LogP contribution in [0.4, 0.5) is 20.2 Å². The largest absolute Gasteiger partial charge is 0.382 e. The Bertz CT molecular complexity index is 525. The van der Waals surface area contributed by atoms with Gasteiger partial charge < -0.3 is 10.2 Å². The molecule has 7 heteroatoms. The molecule has 21 heavy (non-hydrogen) atoms. The van der Waals surface area contributed by atoms with Gasteiger partial charge in [-0.25, -0.2) is 8.78 Å². The van der Waals surface area contributed by atoms with Gasteiger partial charge in [0.1, 0.15) is 0 Å².